The number of thiophene rings is 1. The molecule has 2 atom stereocenters. The Kier molecular flexibility index (Phi) is 4.49. The van der Waals surface area contributed by atoms with Crippen molar-refractivity contribution >= 4 is 23.2 Å². The predicted octanol–water partition coefficient (Wildman–Crippen LogP) is 1.12. The van der Waals surface area contributed by atoms with E-state index in [0.29, 0.717) is 12.5 Å². The fraction of sp³-hybridized carbons (Fsp3) is 0.625. The van der Waals surface area contributed by atoms with Crippen molar-refractivity contribution in [1.29, 1.82) is 0 Å². The molecule has 1 aromatic rings. The topological polar surface area (TPSA) is 43.9 Å². The summed E-state index contributed by atoms with van der Waals surface area (Å²) in [6, 6.07) is 2.15. The first kappa shape index (κ1) is 15.5. The normalized spacial score (nSPS) is 25.4. The van der Waals surface area contributed by atoms with Gasteiger partial charge in [0.05, 0.1) is 12.5 Å². The summed E-state index contributed by atoms with van der Waals surface area (Å²) in [5.74, 6) is 0.693. The molecule has 0 saturated carbocycles. The Morgan fingerprint density at radius 3 is 2.91 bits per heavy atom. The number of piperidine rings is 1. The molecule has 3 heterocycles. The van der Waals surface area contributed by atoms with E-state index >= 15 is 0 Å². The maximum absolute atomic E-state index is 12.6. The Labute approximate surface area is 135 Å². The molecule has 3 rings (SSSR count). The number of nitrogens with zero attached hydrogens (tertiary/aromatic N) is 3. The van der Waals surface area contributed by atoms with Crippen LogP contribution in [0.4, 0.5) is 0 Å². The van der Waals surface area contributed by atoms with E-state index in [0.717, 1.165) is 26.1 Å². The highest BCUT2D eigenvalue weighted by molar-refractivity contribution is 7.07. The number of likely N-dealkylation sites (N-methyl/N-ethyl adjacent to an activating group) is 1. The van der Waals surface area contributed by atoms with Gasteiger partial charge in [0, 0.05) is 40.3 Å². The van der Waals surface area contributed by atoms with Crippen molar-refractivity contribution in [1.82, 2.24) is 14.7 Å². The first-order chi connectivity index (χ1) is 10.5. The summed E-state index contributed by atoms with van der Waals surface area (Å²) < 4.78 is 0. The zero-order chi connectivity index (χ0) is 15.7. The molecule has 6 heteroatoms. The van der Waals surface area contributed by atoms with Crippen molar-refractivity contribution in [3.05, 3.63) is 22.4 Å². The van der Waals surface area contributed by atoms with Crippen LogP contribution in [0.5, 0.6) is 0 Å². The first-order valence-electron chi connectivity index (χ1n) is 7.77. The number of hydrogen-bond acceptors (Lipinski definition) is 4. The van der Waals surface area contributed by atoms with Crippen LogP contribution in [0.2, 0.25) is 0 Å². The standard InChI is InChI=1S/C16H23N3O2S/c1-17(2)15(20)10-19-5-3-13-8-18(9-14(13)16(19)21)7-12-4-6-22-11-12/h4,6,11,13-14H,3,5,7-10H2,1-2H3/t13-,14-/m0/s1. The van der Waals surface area contributed by atoms with Gasteiger partial charge in [0.2, 0.25) is 11.8 Å². The SMILES string of the molecule is CN(C)C(=O)CN1CC[C@H]2CN(Cc3ccsc3)C[C@@H]2C1=O. The third-order valence-corrected chi connectivity index (χ3v) is 5.46. The molecule has 2 saturated heterocycles. The van der Waals surface area contributed by atoms with Gasteiger partial charge in [0.25, 0.3) is 0 Å². The number of carbonyl (C=O) groups is 2. The van der Waals surface area contributed by atoms with Gasteiger partial charge in [0.15, 0.2) is 0 Å². The second-order valence-electron chi connectivity index (χ2n) is 6.53. The van der Waals surface area contributed by atoms with E-state index in [-0.39, 0.29) is 24.3 Å². The lowest BCUT2D eigenvalue weighted by Gasteiger charge is -2.34. The van der Waals surface area contributed by atoms with Crippen molar-refractivity contribution in [2.45, 2.75) is 13.0 Å². The molecule has 120 valence electrons. The van der Waals surface area contributed by atoms with Gasteiger partial charge >= 0.3 is 0 Å². The highest BCUT2D eigenvalue weighted by Crippen LogP contribution is 2.33. The number of likely N-dealkylation sites (tertiary alicyclic amines) is 2. The summed E-state index contributed by atoms with van der Waals surface area (Å²) in [6.07, 6.45) is 1.01. The summed E-state index contributed by atoms with van der Waals surface area (Å²) in [4.78, 5) is 30.2. The van der Waals surface area contributed by atoms with Gasteiger partial charge in [-0.15, -0.1) is 0 Å². The second kappa shape index (κ2) is 6.38. The van der Waals surface area contributed by atoms with E-state index in [1.54, 1.807) is 35.2 Å². The summed E-state index contributed by atoms with van der Waals surface area (Å²) in [5, 5.41) is 4.27. The molecular formula is C16H23N3O2S. The van der Waals surface area contributed by atoms with Gasteiger partial charge in [-0.25, -0.2) is 0 Å². The third kappa shape index (κ3) is 3.17. The minimum Gasteiger partial charge on any atom is -0.347 e. The molecule has 1 aromatic heterocycles. The van der Waals surface area contributed by atoms with E-state index in [2.05, 4.69) is 21.7 Å². The van der Waals surface area contributed by atoms with Crippen LogP contribution < -0.4 is 0 Å². The molecule has 0 spiro atoms. The maximum Gasteiger partial charge on any atom is 0.241 e. The first-order valence-corrected chi connectivity index (χ1v) is 8.71. The van der Waals surface area contributed by atoms with Crippen LogP contribution in [-0.4, -0.2) is 66.8 Å². The van der Waals surface area contributed by atoms with E-state index in [9.17, 15) is 9.59 Å². The summed E-state index contributed by atoms with van der Waals surface area (Å²) >= 11 is 1.71. The van der Waals surface area contributed by atoms with Gasteiger partial charge in [-0.3, -0.25) is 14.5 Å². The predicted molar refractivity (Wildman–Crippen MR) is 86.5 cm³/mol. The van der Waals surface area contributed by atoms with Crippen LogP contribution in [0.1, 0.15) is 12.0 Å². The monoisotopic (exact) mass is 321 g/mol. The fourth-order valence-electron chi connectivity index (χ4n) is 3.43. The highest BCUT2D eigenvalue weighted by atomic mass is 32.1. The molecule has 2 aliphatic heterocycles. The number of amides is 2. The molecule has 22 heavy (non-hydrogen) atoms. The Bertz CT molecular complexity index is 544. The average molecular weight is 321 g/mol. The maximum atomic E-state index is 12.6. The van der Waals surface area contributed by atoms with E-state index in [1.165, 1.54) is 5.56 Å². The van der Waals surface area contributed by atoms with Crippen molar-refractivity contribution < 1.29 is 9.59 Å². The van der Waals surface area contributed by atoms with Crippen molar-refractivity contribution in [3.8, 4) is 0 Å². The van der Waals surface area contributed by atoms with Crippen LogP contribution in [-0.2, 0) is 16.1 Å². The molecule has 0 aliphatic carbocycles. The molecule has 0 bridgehead atoms. The lowest BCUT2D eigenvalue weighted by atomic mass is 9.88. The number of hydrogen-bond donors (Lipinski definition) is 0. The molecule has 2 fully saturated rings. The smallest absolute Gasteiger partial charge is 0.241 e. The molecule has 0 radical (unpaired) electrons. The van der Waals surface area contributed by atoms with Crippen molar-refractivity contribution in [2.75, 3.05) is 40.3 Å². The van der Waals surface area contributed by atoms with Gasteiger partial charge in [-0.05, 0) is 34.7 Å². The van der Waals surface area contributed by atoms with Gasteiger partial charge in [0.1, 0.15) is 0 Å². The van der Waals surface area contributed by atoms with Gasteiger partial charge in [-0.1, -0.05) is 0 Å². The molecule has 0 aromatic carbocycles. The average Bonchev–Trinajstić information content (AvgIpc) is 3.11. The Hall–Kier alpha value is -1.40. The van der Waals surface area contributed by atoms with Crippen molar-refractivity contribution in [3.63, 3.8) is 0 Å². The van der Waals surface area contributed by atoms with Gasteiger partial charge < -0.3 is 9.80 Å². The van der Waals surface area contributed by atoms with Crippen LogP contribution in [0, 0.1) is 11.8 Å². The van der Waals surface area contributed by atoms with E-state index in [4.69, 9.17) is 0 Å². The molecule has 0 unspecified atom stereocenters. The lowest BCUT2D eigenvalue weighted by molar-refractivity contribution is -0.145. The van der Waals surface area contributed by atoms with Gasteiger partial charge in [-0.2, -0.15) is 11.3 Å². The quantitative estimate of drug-likeness (QED) is 0.835. The van der Waals surface area contributed by atoms with Crippen LogP contribution in [0.15, 0.2) is 16.8 Å². The summed E-state index contributed by atoms with van der Waals surface area (Å²) in [5.41, 5.74) is 1.33. The zero-order valence-electron chi connectivity index (χ0n) is 13.2. The zero-order valence-corrected chi connectivity index (χ0v) is 14.0. The summed E-state index contributed by atoms with van der Waals surface area (Å²) in [7, 11) is 3.47. The van der Waals surface area contributed by atoms with Crippen molar-refractivity contribution in [2.24, 2.45) is 11.8 Å². The molecular weight excluding hydrogens is 298 g/mol. The van der Waals surface area contributed by atoms with Crippen LogP contribution >= 0.6 is 11.3 Å². The van der Waals surface area contributed by atoms with Crippen LogP contribution in [0.25, 0.3) is 0 Å². The molecule has 0 N–H and O–H groups in total. The Morgan fingerprint density at radius 1 is 1.41 bits per heavy atom. The fourth-order valence-corrected chi connectivity index (χ4v) is 4.09. The highest BCUT2D eigenvalue weighted by Gasteiger charge is 2.43. The summed E-state index contributed by atoms with van der Waals surface area (Å²) in [6.45, 7) is 3.69. The largest absolute Gasteiger partial charge is 0.347 e. The second-order valence-corrected chi connectivity index (χ2v) is 7.31. The number of fused-ring (bicyclic) bond motifs is 1. The molecule has 2 aliphatic rings. The number of rotatable bonds is 4. The molecule has 5 nitrogen and oxygen atoms in total. The van der Waals surface area contributed by atoms with E-state index < -0.39 is 0 Å². The lowest BCUT2D eigenvalue weighted by Crippen LogP contribution is -2.49. The van der Waals surface area contributed by atoms with E-state index in [1.807, 2.05) is 0 Å². The molecule has 2 amide bonds. The Balaban J connectivity index is 1.60. The Morgan fingerprint density at radius 2 is 2.23 bits per heavy atom. The number of carbonyl (C=O) groups excluding carboxylic acids is 2. The minimum absolute atomic E-state index is 0.0000683. The minimum atomic E-state index is -0.0000683. The third-order valence-electron chi connectivity index (χ3n) is 4.73. The van der Waals surface area contributed by atoms with Crippen LogP contribution in [0.3, 0.4) is 0 Å².